The Balaban J connectivity index is 1.84. The molecule has 0 aliphatic carbocycles. The average molecular weight is 309 g/mol. The third-order valence-corrected chi connectivity index (χ3v) is 4.23. The van der Waals surface area contributed by atoms with E-state index in [0.29, 0.717) is 5.56 Å². The Morgan fingerprint density at radius 2 is 1.79 bits per heavy atom. The summed E-state index contributed by atoms with van der Waals surface area (Å²) in [6, 6.07) is 22.3. The molecule has 114 valence electrons. The molecule has 0 radical (unpaired) electrons. The van der Waals surface area contributed by atoms with Crippen LogP contribution in [0.3, 0.4) is 0 Å². The van der Waals surface area contributed by atoms with Crippen LogP contribution < -0.4 is 0 Å². The highest BCUT2D eigenvalue weighted by atomic mass is 14.7. The van der Waals surface area contributed by atoms with Crippen molar-refractivity contribution in [2.75, 3.05) is 0 Å². The van der Waals surface area contributed by atoms with E-state index in [1.807, 2.05) is 42.6 Å². The zero-order valence-electron chi connectivity index (χ0n) is 13.0. The van der Waals surface area contributed by atoms with Crippen LogP contribution in [0.4, 0.5) is 0 Å². The number of nitrogens with one attached hydrogen (secondary N) is 1. The molecular formula is C21H15N3. The molecule has 3 nitrogen and oxygen atoms in total. The summed E-state index contributed by atoms with van der Waals surface area (Å²) in [6.45, 7) is 0. The monoisotopic (exact) mass is 309 g/mol. The van der Waals surface area contributed by atoms with Crippen LogP contribution in [0, 0.1) is 11.3 Å². The molecule has 0 unspecified atom stereocenters. The summed E-state index contributed by atoms with van der Waals surface area (Å²) in [5.74, 6) is 0. The standard InChI is InChI=1S/C21H15N3/c22-13-16-9-7-15(8-10-16)12-19-18-5-1-2-6-20(18)24-21(19)17-4-3-11-23-14-17/h1-11,14,24H,12H2. The number of aromatic nitrogens is 2. The molecule has 0 aliphatic heterocycles. The van der Waals surface area contributed by atoms with Crippen molar-refractivity contribution < 1.29 is 0 Å². The van der Waals surface area contributed by atoms with Gasteiger partial charge in [0, 0.05) is 35.3 Å². The highest BCUT2D eigenvalue weighted by molar-refractivity contribution is 5.91. The molecule has 0 aliphatic rings. The summed E-state index contributed by atoms with van der Waals surface area (Å²) >= 11 is 0. The first kappa shape index (κ1) is 14.2. The van der Waals surface area contributed by atoms with Crippen LogP contribution in [0.1, 0.15) is 16.7 Å². The summed E-state index contributed by atoms with van der Waals surface area (Å²) in [5.41, 5.74) is 6.43. The lowest BCUT2D eigenvalue weighted by atomic mass is 9.98. The average Bonchev–Trinajstić information content (AvgIpc) is 3.02. The molecule has 0 fully saturated rings. The maximum absolute atomic E-state index is 8.96. The Kier molecular flexibility index (Phi) is 3.57. The molecule has 4 aromatic rings. The van der Waals surface area contributed by atoms with Crippen LogP contribution in [0.2, 0.25) is 0 Å². The van der Waals surface area contributed by atoms with Gasteiger partial charge in [-0.15, -0.1) is 0 Å². The van der Waals surface area contributed by atoms with Crippen molar-refractivity contribution >= 4 is 10.9 Å². The molecule has 0 saturated heterocycles. The Morgan fingerprint density at radius 1 is 0.958 bits per heavy atom. The molecule has 0 bridgehead atoms. The highest BCUT2D eigenvalue weighted by Crippen LogP contribution is 2.31. The van der Waals surface area contributed by atoms with Crippen molar-refractivity contribution in [2.45, 2.75) is 6.42 Å². The number of benzene rings is 2. The van der Waals surface area contributed by atoms with E-state index in [1.165, 1.54) is 16.5 Å². The van der Waals surface area contributed by atoms with Gasteiger partial charge in [-0.1, -0.05) is 30.3 Å². The fourth-order valence-corrected chi connectivity index (χ4v) is 3.04. The Hall–Kier alpha value is -3.38. The van der Waals surface area contributed by atoms with E-state index >= 15 is 0 Å². The number of pyridine rings is 1. The van der Waals surface area contributed by atoms with E-state index in [1.54, 1.807) is 6.20 Å². The minimum atomic E-state index is 0.685. The van der Waals surface area contributed by atoms with Gasteiger partial charge in [-0.25, -0.2) is 0 Å². The van der Waals surface area contributed by atoms with Crippen LogP contribution in [0.25, 0.3) is 22.2 Å². The van der Waals surface area contributed by atoms with Crippen molar-refractivity contribution in [1.29, 1.82) is 5.26 Å². The first-order valence-electron chi connectivity index (χ1n) is 7.84. The Bertz CT molecular complexity index is 1020. The number of H-pyrrole nitrogens is 1. The summed E-state index contributed by atoms with van der Waals surface area (Å²) in [4.78, 5) is 7.78. The van der Waals surface area contributed by atoms with E-state index in [9.17, 15) is 0 Å². The Labute approximate surface area is 140 Å². The lowest BCUT2D eigenvalue weighted by Crippen LogP contribution is -1.91. The van der Waals surface area contributed by atoms with E-state index in [0.717, 1.165) is 23.2 Å². The number of hydrogen-bond acceptors (Lipinski definition) is 2. The second-order valence-corrected chi connectivity index (χ2v) is 5.75. The van der Waals surface area contributed by atoms with Crippen molar-refractivity contribution in [1.82, 2.24) is 9.97 Å². The summed E-state index contributed by atoms with van der Waals surface area (Å²) in [6.07, 6.45) is 4.47. The summed E-state index contributed by atoms with van der Waals surface area (Å²) < 4.78 is 0. The number of nitriles is 1. The molecule has 2 aromatic heterocycles. The number of para-hydroxylation sites is 1. The van der Waals surface area contributed by atoms with E-state index < -0.39 is 0 Å². The van der Waals surface area contributed by atoms with Crippen LogP contribution in [-0.2, 0) is 6.42 Å². The van der Waals surface area contributed by atoms with Crippen LogP contribution in [0.5, 0.6) is 0 Å². The van der Waals surface area contributed by atoms with Crippen molar-refractivity contribution in [3.8, 4) is 17.3 Å². The molecule has 24 heavy (non-hydrogen) atoms. The number of fused-ring (bicyclic) bond motifs is 1. The molecular weight excluding hydrogens is 294 g/mol. The summed E-state index contributed by atoms with van der Waals surface area (Å²) in [5, 5.41) is 10.2. The van der Waals surface area contributed by atoms with Crippen molar-refractivity contribution in [3.05, 3.63) is 89.7 Å². The molecule has 0 atom stereocenters. The van der Waals surface area contributed by atoms with Gasteiger partial charge in [0.2, 0.25) is 0 Å². The van der Waals surface area contributed by atoms with Crippen molar-refractivity contribution in [2.24, 2.45) is 0 Å². The first-order chi connectivity index (χ1) is 11.8. The molecule has 0 amide bonds. The van der Waals surface area contributed by atoms with Gasteiger partial charge in [0.1, 0.15) is 0 Å². The smallest absolute Gasteiger partial charge is 0.0991 e. The van der Waals surface area contributed by atoms with E-state index in [4.69, 9.17) is 5.26 Å². The number of nitrogens with zero attached hydrogens (tertiary/aromatic N) is 2. The van der Waals surface area contributed by atoms with E-state index in [-0.39, 0.29) is 0 Å². The van der Waals surface area contributed by atoms with Crippen LogP contribution in [-0.4, -0.2) is 9.97 Å². The van der Waals surface area contributed by atoms with Crippen LogP contribution in [0.15, 0.2) is 73.1 Å². The molecule has 0 saturated carbocycles. The normalized spacial score (nSPS) is 10.6. The molecule has 4 rings (SSSR count). The lowest BCUT2D eigenvalue weighted by molar-refractivity contribution is 1.20. The minimum absolute atomic E-state index is 0.685. The van der Waals surface area contributed by atoms with Gasteiger partial charge in [0.05, 0.1) is 17.3 Å². The van der Waals surface area contributed by atoms with Crippen molar-refractivity contribution in [3.63, 3.8) is 0 Å². The van der Waals surface area contributed by atoms with Gasteiger partial charge in [-0.3, -0.25) is 4.98 Å². The topological polar surface area (TPSA) is 52.5 Å². The minimum Gasteiger partial charge on any atom is -0.354 e. The van der Waals surface area contributed by atoms with Gasteiger partial charge in [-0.2, -0.15) is 5.26 Å². The zero-order valence-corrected chi connectivity index (χ0v) is 13.0. The number of rotatable bonds is 3. The second-order valence-electron chi connectivity index (χ2n) is 5.75. The molecule has 2 heterocycles. The van der Waals surface area contributed by atoms with Gasteiger partial charge >= 0.3 is 0 Å². The fourth-order valence-electron chi connectivity index (χ4n) is 3.04. The third-order valence-electron chi connectivity index (χ3n) is 4.23. The van der Waals surface area contributed by atoms with Gasteiger partial charge in [-0.05, 0) is 41.5 Å². The maximum Gasteiger partial charge on any atom is 0.0991 e. The number of aromatic amines is 1. The van der Waals surface area contributed by atoms with Gasteiger partial charge in [0.25, 0.3) is 0 Å². The van der Waals surface area contributed by atoms with E-state index in [2.05, 4.69) is 40.3 Å². The zero-order chi connectivity index (χ0) is 16.4. The molecule has 3 heteroatoms. The maximum atomic E-state index is 8.96. The van der Waals surface area contributed by atoms with Crippen LogP contribution >= 0.6 is 0 Å². The fraction of sp³-hybridized carbons (Fsp3) is 0.0476. The predicted octanol–water partition coefficient (Wildman–Crippen LogP) is 4.69. The highest BCUT2D eigenvalue weighted by Gasteiger charge is 2.13. The quantitative estimate of drug-likeness (QED) is 0.596. The lowest BCUT2D eigenvalue weighted by Gasteiger charge is -2.06. The van der Waals surface area contributed by atoms with Gasteiger partial charge in [0.15, 0.2) is 0 Å². The SMILES string of the molecule is N#Cc1ccc(Cc2c(-c3cccnc3)[nH]c3ccccc23)cc1. The Morgan fingerprint density at radius 3 is 2.54 bits per heavy atom. The molecule has 1 N–H and O–H groups in total. The first-order valence-corrected chi connectivity index (χ1v) is 7.84. The third kappa shape index (κ3) is 2.55. The molecule has 0 spiro atoms. The second kappa shape index (κ2) is 6.02. The van der Waals surface area contributed by atoms with Gasteiger partial charge < -0.3 is 4.98 Å². The number of hydrogen-bond donors (Lipinski definition) is 1. The molecule has 2 aromatic carbocycles. The largest absolute Gasteiger partial charge is 0.354 e. The summed E-state index contributed by atoms with van der Waals surface area (Å²) in [7, 11) is 0. The predicted molar refractivity (Wildman–Crippen MR) is 95.5 cm³/mol.